The van der Waals surface area contributed by atoms with Crippen LogP contribution < -0.4 is 0 Å². The second kappa shape index (κ2) is 5.90. The fourth-order valence-corrected chi connectivity index (χ4v) is 2.38. The largest absolute Gasteiger partial charge is 0.508 e. The number of carbonyl (C=O) groups is 1. The number of aromatic hydroxyl groups is 1. The minimum absolute atomic E-state index is 0.209. The van der Waals surface area contributed by atoms with Gasteiger partial charge in [-0.25, -0.2) is 4.79 Å². The molecule has 0 saturated heterocycles. The zero-order valence-corrected chi connectivity index (χ0v) is 12.2. The molecule has 22 heavy (non-hydrogen) atoms. The Balaban J connectivity index is 1.81. The number of esters is 1. The number of ether oxygens (including phenoxy) is 1. The lowest BCUT2D eigenvalue weighted by atomic mass is 10.1. The van der Waals surface area contributed by atoms with Crippen LogP contribution >= 0.6 is 0 Å². The number of phenols is 1. The summed E-state index contributed by atoms with van der Waals surface area (Å²) < 4.78 is 5.51. The highest BCUT2D eigenvalue weighted by Gasteiger charge is 2.13. The van der Waals surface area contributed by atoms with Gasteiger partial charge >= 0.3 is 5.97 Å². The molecule has 1 N–H and O–H groups in total. The molecule has 1 atom stereocenters. The molecule has 0 aliphatic rings. The van der Waals surface area contributed by atoms with Crippen molar-refractivity contribution in [3.05, 3.63) is 77.9 Å². The summed E-state index contributed by atoms with van der Waals surface area (Å²) in [5, 5.41) is 11.2. The zero-order chi connectivity index (χ0) is 15.5. The summed E-state index contributed by atoms with van der Waals surface area (Å²) in [7, 11) is 0. The average molecular weight is 292 g/mol. The molecule has 3 rings (SSSR count). The first kappa shape index (κ1) is 14.1. The molecule has 110 valence electrons. The van der Waals surface area contributed by atoms with Gasteiger partial charge in [-0.3, -0.25) is 0 Å². The Morgan fingerprint density at radius 2 is 1.64 bits per heavy atom. The van der Waals surface area contributed by atoms with E-state index in [1.54, 1.807) is 36.4 Å². The summed E-state index contributed by atoms with van der Waals surface area (Å²) in [5.41, 5.74) is 1.46. The van der Waals surface area contributed by atoms with E-state index in [4.69, 9.17) is 4.74 Å². The molecule has 0 heterocycles. The Morgan fingerprint density at radius 3 is 2.41 bits per heavy atom. The van der Waals surface area contributed by atoms with Crippen LogP contribution in [0.15, 0.2) is 66.7 Å². The second-order valence-corrected chi connectivity index (χ2v) is 5.20. The number of carbonyl (C=O) groups excluding carboxylic acids is 1. The molecule has 0 spiro atoms. The van der Waals surface area contributed by atoms with Crippen LogP contribution in [0.4, 0.5) is 0 Å². The first-order valence-corrected chi connectivity index (χ1v) is 7.12. The van der Waals surface area contributed by atoms with Gasteiger partial charge in [0.25, 0.3) is 0 Å². The van der Waals surface area contributed by atoms with Gasteiger partial charge in [0.2, 0.25) is 0 Å². The number of fused-ring (bicyclic) bond motifs is 1. The van der Waals surface area contributed by atoms with Crippen molar-refractivity contribution in [3.8, 4) is 5.75 Å². The highest BCUT2D eigenvalue weighted by molar-refractivity contribution is 5.95. The summed E-state index contributed by atoms with van der Waals surface area (Å²) in [6, 6.07) is 20.0. The molecule has 3 heteroatoms. The van der Waals surface area contributed by atoms with Gasteiger partial charge in [0, 0.05) is 0 Å². The third-order valence-corrected chi connectivity index (χ3v) is 3.61. The van der Waals surface area contributed by atoms with Crippen LogP contribution in [0.25, 0.3) is 10.8 Å². The van der Waals surface area contributed by atoms with Crippen molar-refractivity contribution < 1.29 is 14.6 Å². The van der Waals surface area contributed by atoms with Gasteiger partial charge in [0.1, 0.15) is 11.9 Å². The lowest BCUT2D eigenvalue weighted by Gasteiger charge is -2.13. The first-order chi connectivity index (χ1) is 10.6. The molecule has 0 amide bonds. The Kier molecular flexibility index (Phi) is 3.79. The first-order valence-electron chi connectivity index (χ1n) is 7.12. The summed E-state index contributed by atoms with van der Waals surface area (Å²) in [6.45, 7) is 1.85. The predicted molar refractivity (Wildman–Crippen MR) is 85.9 cm³/mol. The third-order valence-electron chi connectivity index (χ3n) is 3.61. The fraction of sp³-hybridized carbons (Fsp3) is 0.105. The molecule has 3 aromatic carbocycles. The summed E-state index contributed by atoms with van der Waals surface area (Å²) in [5.74, 6) is -0.146. The minimum Gasteiger partial charge on any atom is -0.508 e. The van der Waals surface area contributed by atoms with E-state index >= 15 is 0 Å². The highest BCUT2D eigenvalue weighted by Crippen LogP contribution is 2.23. The highest BCUT2D eigenvalue weighted by atomic mass is 16.5. The Morgan fingerprint density at radius 1 is 0.955 bits per heavy atom. The molecule has 0 saturated carbocycles. The standard InChI is InChI=1S/C19H16O3/c1-13(14-5-3-2-4-6-14)22-19(21)17-8-7-16-12-18(20)10-9-15(16)11-17/h2-13,20H,1H3/t13-/m1/s1. The van der Waals surface area contributed by atoms with Gasteiger partial charge in [0.15, 0.2) is 0 Å². The van der Waals surface area contributed by atoms with Gasteiger partial charge in [-0.05, 0) is 47.5 Å². The van der Waals surface area contributed by atoms with Crippen LogP contribution in [-0.2, 0) is 4.74 Å². The molecular formula is C19H16O3. The molecular weight excluding hydrogens is 276 g/mol. The van der Waals surface area contributed by atoms with E-state index < -0.39 is 0 Å². The van der Waals surface area contributed by atoms with E-state index in [9.17, 15) is 9.90 Å². The topological polar surface area (TPSA) is 46.5 Å². The SMILES string of the molecule is C[C@@H](OC(=O)c1ccc2cc(O)ccc2c1)c1ccccc1. The van der Waals surface area contributed by atoms with Crippen molar-refractivity contribution in [1.82, 2.24) is 0 Å². The van der Waals surface area contributed by atoms with Gasteiger partial charge in [-0.15, -0.1) is 0 Å². The van der Waals surface area contributed by atoms with Crippen LogP contribution in [0.1, 0.15) is 28.9 Å². The van der Waals surface area contributed by atoms with E-state index in [1.807, 2.05) is 37.3 Å². The average Bonchev–Trinajstić information content (AvgIpc) is 2.55. The summed E-state index contributed by atoms with van der Waals surface area (Å²) >= 11 is 0. The van der Waals surface area contributed by atoms with Gasteiger partial charge in [-0.1, -0.05) is 42.5 Å². The maximum Gasteiger partial charge on any atom is 0.338 e. The molecule has 3 nitrogen and oxygen atoms in total. The van der Waals surface area contributed by atoms with Crippen molar-refractivity contribution in [2.24, 2.45) is 0 Å². The number of benzene rings is 3. The van der Waals surface area contributed by atoms with Gasteiger partial charge in [0.05, 0.1) is 5.56 Å². The molecule has 0 bridgehead atoms. The second-order valence-electron chi connectivity index (χ2n) is 5.20. The van der Waals surface area contributed by atoms with Crippen LogP contribution in [0.2, 0.25) is 0 Å². The molecule has 0 aromatic heterocycles. The van der Waals surface area contributed by atoms with Crippen molar-refractivity contribution in [3.63, 3.8) is 0 Å². The Hall–Kier alpha value is -2.81. The van der Waals surface area contributed by atoms with E-state index in [0.717, 1.165) is 16.3 Å². The number of phenolic OH excluding ortho intramolecular Hbond substituents is 1. The van der Waals surface area contributed by atoms with Crippen LogP contribution in [0, 0.1) is 0 Å². The Labute approximate surface area is 128 Å². The zero-order valence-electron chi connectivity index (χ0n) is 12.2. The van der Waals surface area contributed by atoms with Crippen molar-refractivity contribution in [2.75, 3.05) is 0 Å². The molecule has 0 aliphatic carbocycles. The third kappa shape index (κ3) is 2.93. The van der Waals surface area contributed by atoms with Crippen LogP contribution in [0.5, 0.6) is 5.75 Å². The molecule has 0 unspecified atom stereocenters. The number of hydrogen-bond donors (Lipinski definition) is 1. The normalized spacial score (nSPS) is 12.0. The number of hydrogen-bond acceptors (Lipinski definition) is 3. The summed E-state index contributed by atoms with van der Waals surface area (Å²) in [6.07, 6.45) is -0.302. The van der Waals surface area contributed by atoms with Gasteiger partial charge < -0.3 is 9.84 Å². The van der Waals surface area contributed by atoms with E-state index in [1.165, 1.54) is 0 Å². The van der Waals surface area contributed by atoms with E-state index in [-0.39, 0.29) is 17.8 Å². The van der Waals surface area contributed by atoms with E-state index in [0.29, 0.717) is 5.56 Å². The molecule has 0 radical (unpaired) electrons. The monoisotopic (exact) mass is 292 g/mol. The predicted octanol–water partition coefficient (Wildman–Crippen LogP) is 4.46. The quantitative estimate of drug-likeness (QED) is 0.725. The molecule has 0 fully saturated rings. The van der Waals surface area contributed by atoms with Crippen molar-refractivity contribution in [2.45, 2.75) is 13.0 Å². The maximum atomic E-state index is 12.3. The summed E-state index contributed by atoms with van der Waals surface area (Å²) in [4.78, 5) is 12.3. The van der Waals surface area contributed by atoms with Crippen LogP contribution in [0.3, 0.4) is 0 Å². The lowest BCUT2D eigenvalue weighted by molar-refractivity contribution is 0.0338. The minimum atomic E-state index is -0.355. The van der Waals surface area contributed by atoms with Gasteiger partial charge in [-0.2, -0.15) is 0 Å². The maximum absolute atomic E-state index is 12.3. The molecule has 3 aromatic rings. The van der Waals surface area contributed by atoms with E-state index in [2.05, 4.69) is 0 Å². The Bertz CT molecular complexity index is 809. The fourth-order valence-electron chi connectivity index (χ4n) is 2.38. The molecule has 0 aliphatic heterocycles. The smallest absolute Gasteiger partial charge is 0.338 e. The van der Waals surface area contributed by atoms with Crippen molar-refractivity contribution >= 4 is 16.7 Å². The lowest BCUT2D eigenvalue weighted by Crippen LogP contribution is -2.09. The number of rotatable bonds is 3. The van der Waals surface area contributed by atoms with Crippen LogP contribution in [-0.4, -0.2) is 11.1 Å². The van der Waals surface area contributed by atoms with Crippen molar-refractivity contribution in [1.29, 1.82) is 0 Å².